The molecule has 0 spiro atoms. The summed E-state index contributed by atoms with van der Waals surface area (Å²) in [6.07, 6.45) is 35.9. The molecule has 0 heterocycles. The highest BCUT2D eigenvalue weighted by Crippen LogP contribution is 2.26. The average molecular weight is 2030 g/mol. The first-order valence-corrected chi connectivity index (χ1v) is 56.1. The molecule has 818 valence electrons. The number of hydrogen-bond acceptors (Lipinski definition) is 22. The average Bonchev–Trinajstić information content (AvgIpc) is 0.874. The van der Waals surface area contributed by atoms with Gasteiger partial charge in [-0.05, 0) is 230 Å². The number of alkyl carbamates (subject to hydrolysis) is 2. The number of ether oxygens (including phenoxy) is 8. The maximum atomic E-state index is 14.7. The van der Waals surface area contributed by atoms with Gasteiger partial charge in [0.05, 0.1) is 0 Å². The largest absolute Gasteiger partial charge is 0.444 e. The summed E-state index contributed by atoms with van der Waals surface area (Å²) >= 11 is 0. The SMILES string of the molecule is CCCCCCCCCCCCCCCCCCNC(=O)[C@H](CSSC[C@H](NC(=O)CN(CCCN(CCCCN(CCCNC(=O)OC(C)(C)C)C(=O)OC(C)(C)C)C(=O)OC(C)(C)C)C(=O)OC(C)(C)C)C(=O)NCCCCCCCCCCCCCCCCCC)NC(=O)CN(CCCN(CCCCN(CCCNC(=O)OC(C)(C)C)C(=O)OC(C)(C)C)C(=O)OC(C)(C)C)C(=O)OC(C)(C)C. The Morgan fingerprint density at radius 1 is 0.214 bits per heavy atom. The van der Waals surface area contributed by atoms with Crippen LogP contribution in [0.2, 0.25) is 0 Å². The summed E-state index contributed by atoms with van der Waals surface area (Å²) < 4.78 is 45.8. The third-order valence-corrected chi connectivity index (χ3v) is 24.0. The fraction of sp³-hybridized carbons (Fsp3) is 0.887. The minimum absolute atomic E-state index is 0.0191. The zero-order valence-electron chi connectivity index (χ0n) is 92.8. The standard InChI is InChI=1S/C106H202N12O20S2/c1-27-29-31-33-35-37-39-41-43-45-47-49-51-53-55-57-67-107-89(121)85(111-87(119)81-117(97(129)137-105(21,22)23)79-65-77-115(95(127)135-103(15,16)17)73-61-59-71-113(93(125)133-101(9,10)11)75-63-69-109-91(123)131-99(3,4)5)83-139-140-84-86(90(122)108-68-58-56-54-52-50-48-46-44-42-40-38-36-34-32-30-28-2)112-88(120)82-118(98(130)138-106(24,25)26)80-66-78-116(96(128)136-104(18,19)20)74-62-60-72-114(94(126)134-102(12,13)14)76-64-70-110-92(124)132-100(6,7)8/h85-86H,27-84H2,1-26H3,(H,107,121)(H,108,122)(H,109,123)(H,110,124)(H,111,119)(H,112,120)/t85-,86-/m0/s1. The van der Waals surface area contributed by atoms with E-state index in [4.69, 9.17) is 37.9 Å². The highest BCUT2D eigenvalue weighted by molar-refractivity contribution is 8.76. The molecule has 0 rings (SSSR count). The smallest absolute Gasteiger partial charge is 0.410 e. The Balaban J connectivity index is 7.39. The Morgan fingerprint density at radius 3 is 0.607 bits per heavy atom. The van der Waals surface area contributed by atoms with Gasteiger partial charge in [-0.2, -0.15) is 0 Å². The number of amides is 12. The van der Waals surface area contributed by atoms with Crippen LogP contribution in [0.3, 0.4) is 0 Å². The van der Waals surface area contributed by atoms with E-state index in [0.29, 0.717) is 64.5 Å². The van der Waals surface area contributed by atoms with E-state index in [1.165, 1.54) is 182 Å². The van der Waals surface area contributed by atoms with Gasteiger partial charge in [-0.15, -0.1) is 0 Å². The molecule has 0 aromatic rings. The molecule has 12 amide bonds. The van der Waals surface area contributed by atoms with Crippen molar-refractivity contribution in [3.63, 3.8) is 0 Å². The maximum absolute atomic E-state index is 14.7. The van der Waals surface area contributed by atoms with E-state index in [0.717, 1.165) is 51.4 Å². The van der Waals surface area contributed by atoms with Crippen LogP contribution in [-0.4, -0.2) is 275 Å². The monoisotopic (exact) mass is 2030 g/mol. The third-order valence-electron chi connectivity index (χ3n) is 21.6. The summed E-state index contributed by atoms with van der Waals surface area (Å²) in [5.74, 6) is -2.31. The summed E-state index contributed by atoms with van der Waals surface area (Å²) in [6.45, 7) is 48.2. The highest BCUT2D eigenvalue weighted by Gasteiger charge is 2.34. The van der Waals surface area contributed by atoms with Crippen LogP contribution < -0.4 is 31.9 Å². The van der Waals surface area contributed by atoms with E-state index >= 15 is 0 Å². The second-order valence-corrected chi connectivity index (χ2v) is 47.9. The van der Waals surface area contributed by atoms with Crippen LogP contribution in [-0.2, 0) is 57.1 Å². The molecule has 0 unspecified atom stereocenters. The zero-order valence-corrected chi connectivity index (χ0v) is 94.5. The van der Waals surface area contributed by atoms with E-state index in [-0.39, 0.29) is 103 Å². The van der Waals surface area contributed by atoms with E-state index < -0.39 is 142 Å². The van der Waals surface area contributed by atoms with E-state index in [9.17, 15) is 57.5 Å². The molecule has 32 nitrogen and oxygen atoms in total. The lowest BCUT2D eigenvalue weighted by molar-refractivity contribution is -0.129. The van der Waals surface area contributed by atoms with Crippen molar-refractivity contribution >= 4 is 94.0 Å². The Kier molecular flexibility index (Phi) is 69.9. The molecule has 34 heteroatoms. The van der Waals surface area contributed by atoms with Gasteiger partial charge in [0.25, 0.3) is 0 Å². The lowest BCUT2D eigenvalue weighted by atomic mass is 10.0. The predicted octanol–water partition coefficient (Wildman–Crippen LogP) is 23.7. The van der Waals surface area contributed by atoms with Gasteiger partial charge in [-0.1, -0.05) is 228 Å². The molecule has 2 atom stereocenters. The quantitative estimate of drug-likeness (QED) is 0.0187. The molecule has 0 saturated carbocycles. The van der Waals surface area contributed by atoms with Gasteiger partial charge in [0, 0.05) is 103 Å². The van der Waals surface area contributed by atoms with Crippen molar-refractivity contribution in [1.29, 1.82) is 0 Å². The molecular formula is C106H202N12O20S2. The Morgan fingerprint density at radius 2 is 0.393 bits per heavy atom. The van der Waals surface area contributed by atoms with Gasteiger partial charge in [0.1, 0.15) is 70.0 Å². The highest BCUT2D eigenvalue weighted by atomic mass is 33.1. The van der Waals surface area contributed by atoms with Crippen LogP contribution in [0.15, 0.2) is 0 Å². The molecule has 0 aromatic heterocycles. The first kappa shape index (κ1) is 133. The Labute approximate surface area is 855 Å². The lowest BCUT2D eigenvalue weighted by Gasteiger charge is -2.30. The number of nitrogens with zero attached hydrogens (tertiary/aromatic N) is 6. The summed E-state index contributed by atoms with van der Waals surface area (Å²) in [4.78, 5) is 176. The van der Waals surface area contributed by atoms with Crippen molar-refractivity contribution in [2.75, 3.05) is 116 Å². The normalized spacial score (nSPS) is 12.5. The summed E-state index contributed by atoms with van der Waals surface area (Å²) in [7, 11) is 2.41. The summed E-state index contributed by atoms with van der Waals surface area (Å²) in [6, 6.07) is -2.33. The molecule has 0 bridgehead atoms. The number of hydrogen-bond donors (Lipinski definition) is 6. The van der Waals surface area contributed by atoms with Gasteiger partial charge in [-0.3, -0.25) is 29.0 Å². The fourth-order valence-electron chi connectivity index (χ4n) is 14.7. The van der Waals surface area contributed by atoms with Crippen molar-refractivity contribution in [1.82, 2.24) is 61.3 Å². The number of carbonyl (C=O) groups excluding carboxylic acids is 12. The van der Waals surface area contributed by atoms with Crippen LogP contribution in [0.25, 0.3) is 0 Å². The molecule has 0 aliphatic rings. The van der Waals surface area contributed by atoms with Crippen LogP contribution in [0.5, 0.6) is 0 Å². The fourth-order valence-corrected chi connectivity index (χ4v) is 17.0. The minimum atomic E-state index is -1.16. The van der Waals surface area contributed by atoms with Crippen LogP contribution in [0.1, 0.15) is 437 Å². The van der Waals surface area contributed by atoms with Gasteiger partial charge in [-0.25, -0.2) is 38.4 Å². The van der Waals surface area contributed by atoms with Crippen LogP contribution in [0, 0.1) is 0 Å². The van der Waals surface area contributed by atoms with Crippen molar-refractivity contribution in [3.05, 3.63) is 0 Å². The Hall–Kier alpha value is -7.26. The summed E-state index contributed by atoms with van der Waals surface area (Å²) in [5, 5.41) is 17.4. The first-order chi connectivity index (χ1) is 65.4. The molecule has 0 aromatic carbocycles. The molecular weight excluding hydrogens is 1830 g/mol. The van der Waals surface area contributed by atoms with Crippen molar-refractivity contribution in [2.24, 2.45) is 0 Å². The molecule has 0 aliphatic heterocycles. The second-order valence-electron chi connectivity index (χ2n) is 45.4. The molecule has 0 saturated heterocycles. The van der Waals surface area contributed by atoms with Gasteiger partial charge in [0.2, 0.25) is 23.6 Å². The zero-order chi connectivity index (χ0) is 106. The number of rotatable bonds is 73. The van der Waals surface area contributed by atoms with Crippen LogP contribution in [0.4, 0.5) is 38.4 Å². The van der Waals surface area contributed by atoms with Crippen molar-refractivity contribution in [3.8, 4) is 0 Å². The minimum Gasteiger partial charge on any atom is -0.444 e. The predicted molar refractivity (Wildman–Crippen MR) is 566 cm³/mol. The molecule has 140 heavy (non-hydrogen) atoms. The molecule has 0 aliphatic carbocycles. The number of nitrogens with one attached hydrogen (secondary N) is 6. The van der Waals surface area contributed by atoms with E-state index in [2.05, 4.69) is 45.7 Å². The summed E-state index contributed by atoms with van der Waals surface area (Å²) in [5.41, 5.74) is -6.65. The van der Waals surface area contributed by atoms with Gasteiger partial charge >= 0.3 is 48.7 Å². The van der Waals surface area contributed by atoms with Crippen LogP contribution >= 0.6 is 21.6 Å². The molecule has 6 N–H and O–H groups in total. The number of carbonyl (C=O) groups is 12. The van der Waals surface area contributed by atoms with Gasteiger partial charge < -0.3 is 89.4 Å². The Bertz CT molecular complexity index is 3200. The van der Waals surface area contributed by atoms with E-state index in [1.807, 2.05) is 0 Å². The molecule has 0 fully saturated rings. The van der Waals surface area contributed by atoms with Crippen molar-refractivity contribution in [2.45, 2.75) is 494 Å². The van der Waals surface area contributed by atoms with E-state index in [1.54, 1.807) is 176 Å². The lowest BCUT2D eigenvalue weighted by Crippen LogP contribution is -2.52. The number of unbranched alkanes of at least 4 members (excludes halogenated alkanes) is 32. The maximum Gasteiger partial charge on any atom is 0.410 e. The van der Waals surface area contributed by atoms with Crippen molar-refractivity contribution < 1.29 is 95.4 Å². The van der Waals surface area contributed by atoms with Gasteiger partial charge in [0.15, 0.2) is 0 Å². The first-order valence-electron chi connectivity index (χ1n) is 53.6. The third kappa shape index (κ3) is 80.1. The second kappa shape index (κ2) is 73.7. The molecule has 0 radical (unpaired) electrons. The topological polar surface area (TPSA) is 370 Å².